The lowest BCUT2D eigenvalue weighted by Gasteiger charge is -2.37. The van der Waals surface area contributed by atoms with Crippen LogP contribution in [-0.2, 0) is 9.59 Å². The highest BCUT2D eigenvalue weighted by Crippen LogP contribution is 2.25. The van der Waals surface area contributed by atoms with E-state index in [4.69, 9.17) is 16.7 Å². The summed E-state index contributed by atoms with van der Waals surface area (Å²) < 4.78 is 0. The van der Waals surface area contributed by atoms with Gasteiger partial charge < -0.3 is 14.9 Å². The van der Waals surface area contributed by atoms with Gasteiger partial charge in [0.1, 0.15) is 0 Å². The molecule has 6 nitrogen and oxygen atoms in total. The summed E-state index contributed by atoms with van der Waals surface area (Å²) in [5, 5.41) is 9.50. The Morgan fingerprint density at radius 1 is 1.00 bits per heavy atom. The molecule has 2 heterocycles. The summed E-state index contributed by atoms with van der Waals surface area (Å²) in [4.78, 5) is 40.0. The van der Waals surface area contributed by atoms with E-state index in [-0.39, 0.29) is 30.1 Å². The molecule has 27 heavy (non-hydrogen) atoms. The van der Waals surface area contributed by atoms with Gasteiger partial charge in [0.15, 0.2) is 0 Å². The lowest BCUT2D eigenvalue weighted by atomic mass is 9.91. The number of rotatable bonds is 4. The van der Waals surface area contributed by atoms with E-state index in [0.29, 0.717) is 36.8 Å². The normalized spacial score (nSPS) is 21.1. The first-order chi connectivity index (χ1) is 12.9. The van der Waals surface area contributed by atoms with Gasteiger partial charge in [-0.2, -0.15) is 0 Å². The summed E-state index contributed by atoms with van der Waals surface area (Å²) in [5.41, 5.74) is 0.585. The third kappa shape index (κ3) is 5.01. The number of hydrogen-bond acceptors (Lipinski definition) is 3. The van der Waals surface area contributed by atoms with Crippen molar-refractivity contribution in [2.24, 2.45) is 11.8 Å². The number of carbonyl (C=O) groups excluding carboxylic acids is 2. The molecule has 0 aliphatic carbocycles. The first kappa shape index (κ1) is 19.7. The van der Waals surface area contributed by atoms with Crippen molar-refractivity contribution in [2.75, 3.05) is 26.2 Å². The van der Waals surface area contributed by atoms with Gasteiger partial charge in [-0.1, -0.05) is 11.6 Å². The zero-order chi connectivity index (χ0) is 19.4. The van der Waals surface area contributed by atoms with Gasteiger partial charge >= 0.3 is 5.97 Å². The number of nitrogens with zero attached hydrogens (tertiary/aromatic N) is 2. The van der Waals surface area contributed by atoms with Crippen LogP contribution in [0.5, 0.6) is 0 Å². The van der Waals surface area contributed by atoms with Crippen molar-refractivity contribution in [3.8, 4) is 0 Å². The second-order valence-corrected chi connectivity index (χ2v) is 7.90. The Balaban J connectivity index is 1.56. The molecule has 2 fully saturated rings. The molecular formula is C20H25ClN2O4. The van der Waals surface area contributed by atoms with Crippen molar-refractivity contribution in [1.82, 2.24) is 9.80 Å². The van der Waals surface area contributed by atoms with Crippen LogP contribution in [-0.4, -0.2) is 58.9 Å². The van der Waals surface area contributed by atoms with E-state index in [2.05, 4.69) is 0 Å². The molecular weight excluding hydrogens is 368 g/mol. The maximum atomic E-state index is 12.9. The van der Waals surface area contributed by atoms with E-state index in [1.165, 1.54) is 0 Å². The number of aliphatic carboxylic acids is 1. The van der Waals surface area contributed by atoms with E-state index in [1.807, 2.05) is 4.90 Å². The number of likely N-dealkylation sites (tertiary alicyclic amines) is 2. The summed E-state index contributed by atoms with van der Waals surface area (Å²) >= 11 is 5.88. The monoisotopic (exact) mass is 392 g/mol. The minimum atomic E-state index is -0.775. The first-order valence-corrected chi connectivity index (χ1v) is 9.87. The zero-order valence-corrected chi connectivity index (χ0v) is 16.0. The molecule has 2 saturated heterocycles. The van der Waals surface area contributed by atoms with Gasteiger partial charge in [-0.3, -0.25) is 14.4 Å². The van der Waals surface area contributed by atoms with E-state index in [0.717, 1.165) is 25.7 Å². The molecule has 1 N–H and O–H groups in total. The second-order valence-electron chi connectivity index (χ2n) is 7.46. The van der Waals surface area contributed by atoms with Crippen LogP contribution in [0.2, 0.25) is 5.02 Å². The molecule has 2 aliphatic heterocycles. The highest BCUT2D eigenvalue weighted by molar-refractivity contribution is 6.30. The Morgan fingerprint density at radius 2 is 1.67 bits per heavy atom. The van der Waals surface area contributed by atoms with Gasteiger partial charge in [-0.05, 0) is 55.9 Å². The van der Waals surface area contributed by atoms with Crippen molar-refractivity contribution >= 4 is 29.4 Å². The number of piperidine rings is 2. The SMILES string of the molecule is O=C(O)CC1CCN(C(=O)C2CCCN(C(=O)c3ccc(Cl)cc3)C2)CC1. The molecule has 0 bridgehead atoms. The van der Waals surface area contributed by atoms with E-state index < -0.39 is 5.97 Å². The molecule has 2 aliphatic rings. The highest BCUT2D eigenvalue weighted by Gasteiger charge is 2.33. The Labute approximate surface area is 164 Å². The number of halogens is 1. The largest absolute Gasteiger partial charge is 0.481 e. The van der Waals surface area contributed by atoms with Crippen molar-refractivity contribution in [1.29, 1.82) is 0 Å². The summed E-state index contributed by atoms with van der Waals surface area (Å²) in [6.45, 7) is 2.32. The molecule has 1 atom stereocenters. The van der Waals surface area contributed by atoms with Crippen LogP contribution in [0.3, 0.4) is 0 Å². The van der Waals surface area contributed by atoms with Gasteiger partial charge in [0.2, 0.25) is 5.91 Å². The first-order valence-electron chi connectivity index (χ1n) is 9.49. The Hall–Kier alpha value is -2.08. The number of carbonyl (C=O) groups is 3. The molecule has 0 spiro atoms. The quantitative estimate of drug-likeness (QED) is 0.854. The Morgan fingerprint density at radius 3 is 2.30 bits per heavy atom. The van der Waals surface area contributed by atoms with Crippen LogP contribution in [0, 0.1) is 11.8 Å². The van der Waals surface area contributed by atoms with E-state index in [1.54, 1.807) is 29.2 Å². The standard InChI is InChI=1S/C20H25ClN2O4/c21-17-5-3-15(4-6-17)19(26)23-9-1-2-16(13-23)20(27)22-10-7-14(8-11-22)12-18(24)25/h3-6,14,16H,1-2,7-13H2,(H,24,25). The van der Waals surface area contributed by atoms with Crippen LogP contribution in [0.4, 0.5) is 0 Å². The molecule has 0 aromatic heterocycles. The summed E-state index contributed by atoms with van der Waals surface area (Å²) in [6.07, 6.45) is 3.24. The fourth-order valence-electron chi connectivity index (χ4n) is 4.00. The summed E-state index contributed by atoms with van der Waals surface area (Å²) in [5.74, 6) is -0.767. The van der Waals surface area contributed by atoms with Crippen LogP contribution >= 0.6 is 11.6 Å². The molecule has 3 rings (SSSR count). The minimum absolute atomic E-state index is 0.0654. The number of benzene rings is 1. The van der Waals surface area contributed by atoms with Crippen LogP contribution < -0.4 is 0 Å². The number of carboxylic acid groups (broad SMARTS) is 1. The van der Waals surface area contributed by atoms with Crippen molar-refractivity contribution in [3.63, 3.8) is 0 Å². The molecule has 1 aromatic rings. The molecule has 7 heteroatoms. The number of carboxylic acids is 1. The molecule has 2 amide bonds. The van der Waals surface area contributed by atoms with Crippen molar-refractivity contribution in [2.45, 2.75) is 32.1 Å². The Bertz CT molecular complexity index is 698. The predicted molar refractivity (Wildman–Crippen MR) is 102 cm³/mol. The third-order valence-electron chi connectivity index (χ3n) is 5.54. The van der Waals surface area contributed by atoms with E-state index in [9.17, 15) is 14.4 Å². The average Bonchev–Trinajstić information content (AvgIpc) is 2.68. The van der Waals surface area contributed by atoms with Crippen molar-refractivity contribution < 1.29 is 19.5 Å². The fraction of sp³-hybridized carbons (Fsp3) is 0.550. The zero-order valence-electron chi connectivity index (χ0n) is 15.3. The molecule has 0 saturated carbocycles. The van der Waals surface area contributed by atoms with Gasteiger partial charge in [0.05, 0.1) is 5.92 Å². The van der Waals surface area contributed by atoms with Gasteiger partial charge in [-0.15, -0.1) is 0 Å². The maximum Gasteiger partial charge on any atom is 0.303 e. The number of amides is 2. The Kier molecular flexibility index (Phi) is 6.37. The minimum Gasteiger partial charge on any atom is -0.481 e. The topological polar surface area (TPSA) is 77.9 Å². The molecule has 1 aromatic carbocycles. The molecule has 146 valence electrons. The van der Waals surface area contributed by atoms with Gasteiger partial charge in [0.25, 0.3) is 5.91 Å². The molecule has 0 radical (unpaired) electrons. The van der Waals surface area contributed by atoms with Crippen LogP contribution in [0.25, 0.3) is 0 Å². The van der Waals surface area contributed by atoms with Crippen molar-refractivity contribution in [3.05, 3.63) is 34.9 Å². The highest BCUT2D eigenvalue weighted by atomic mass is 35.5. The summed E-state index contributed by atoms with van der Waals surface area (Å²) in [7, 11) is 0. The fourth-order valence-corrected chi connectivity index (χ4v) is 4.13. The van der Waals surface area contributed by atoms with Crippen LogP contribution in [0.15, 0.2) is 24.3 Å². The average molecular weight is 393 g/mol. The smallest absolute Gasteiger partial charge is 0.303 e. The third-order valence-corrected chi connectivity index (χ3v) is 5.79. The summed E-state index contributed by atoms with van der Waals surface area (Å²) in [6, 6.07) is 6.82. The lowest BCUT2D eigenvalue weighted by Crippen LogP contribution is -2.48. The van der Waals surface area contributed by atoms with Gasteiger partial charge in [0, 0.05) is 43.2 Å². The van der Waals surface area contributed by atoms with Gasteiger partial charge in [-0.25, -0.2) is 0 Å². The van der Waals surface area contributed by atoms with Crippen LogP contribution in [0.1, 0.15) is 42.5 Å². The molecule has 1 unspecified atom stereocenters. The van der Waals surface area contributed by atoms with E-state index >= 15 is 0 Å². The number of hydrogen-bond donors (Lipinski definition) is 1. The maximum absolute atomic E-state index is 12.9. The second kappa shape index (κ2) is 8.74. The predicted octanol–water partition coefficient (Wildman–Crippen LogP) is 2.91. The lowest BCUT2D eigenvalue weighted by molar-refractivity contribution is -0.140.